The molecule has 3 aromatic rings. The number of carboxylic acids is 1. The molecule has 0 fully saturated rings. The van der Waals surface area contributed by atoms with Gasteiger partial charge in [-0.3, -0.25) is 9.59 Å². The zero-order valence-corrected chi connectivity index (χ0v) is 21.7. The van der Waals surface area contributed by atoms with Gasteiger partial charge in [0.25, 0.3) is 5.91 Å². The van der Waals surface area contributed by atoms with Crippen molar-refractivity contribution in [3.8, 4) is 16.9 Å². The van der Waals surface area contributed by atoms with Crippen molar-refractivity contribution < 1.29 is 24.2 Å². The molecule has 6 N–H and O–H groups in total. The second-order valence-corrected chi connectivity index (χ2v) is 9.53. The molecule has 38 heavy (non-hydrogen) atoms. The van der Waals surface area contributed by atoms with Crippen LogP contribution in [0.4, 0.5) is 5.69 Å². The standard InChI is InChI=1S/C27H26Cl2N4O5/c28-19-10-16(15-4-2-1-3-5-15)11-20(29)25(19)26(35)33-22(27(36)37)13-32-24(34)14-31-21-8-9-38-23-7-6-17(30)12-18(21)23/h1-7,10-12,21-22,31H,8-9,13-14,30H2,(H,32,34)(H,33,35)(H,36,37)/t21-,22?/m1/s1. The number of nitrogens with two attached hydrogens (primary N) is 1. The number of nitrogen functional groups attached to an aromatic ring is 1. The lowest BCUT2D eigenvalue weighted by molar-refractivity contribution is -0.139. The van der Waals surface area contributed by atoms with E-state index in [0.29, 0.717) is 30.0 Å². The Bertz CT molecular complexity index is 1330. The molecule has 0 aliphatic carbocycles. The molecule has 0 radical (unpaired) electrons. The lowest BCUT2D eigenvalue weighted by Crippen LogP contribution is -2.49. The van der Waals surface area contributed by atoms with E-state index in [-0.39, 0.29) is 34.7 Å². The van der Waals surface area contributed by atoms with Gasteiger partial charge in [0.2, 0.25) is 5.91 Å². The van der Waals surface area contributed by atoms with Crippen molar-refractivity contribution >= 4 is 46.7 Å². The average Bonchev–Trinajstić information content (AvgIpc) is 2.89. The molecule has 1 aliphatic rings. The highest BCUT2D eigenvalue weighted by molar-refractivity contribution is 6.40. The second kappa shape index (κ2) is 12.2. The minimum atomic E-state index is -1.41. The predicted molar refractivity (Wildman–Crippen MR) is 146 cm³/mol. The fourth-order valence-electron chi connectivity index (χ4n) is 4.14. The number of aliphatic carboxylic acids is 1. The van der Waals surface area contributed by atoms with Crippen molar-refractivity contribution in [3.05, 3.63) is 81.8 Å². The Balaban J connectivity index is 1.35. The van der Waals surface area contributed by atoms with E-state index in [1.165, 1.54) is 0 Å². The molecule has 0 saturated heterocycles. The van der Waals surface area contributed by atoms with Gasteiger partial charge in [0, 0.05) is 30.3 Å². The number of carbonyl (C=O) groups is 3. The summed E-state index contributed by atoms with van der Waals surface area (Å²) in [5.41, 5.74) is 8.83. The predicted octanol–water partition coefficient (Wildman–Crippen LogP) is 3.66. The number of rotatable bonds is 9. The third-order valence-electron chi connectivity index (χ3n) is 6.07. The zero-order chi connectivity index (χ0) is 27.2. The summed E-state index contributed by atoms with van der Waals surface area (Å²) in [5.74, 6) is -1.83. The fourth-order valence-corrected chi connectivity index (χ4v) is 4.80. The summed E-state index contributed by atoms with van der Waals surface area (Å²) < 4.78 is 5.62. The van der Waals surface area contributed by atoms with E-state index < -0.39 is 23.8 Å². The van der Waals surface area contributed by atoms with Crippen LogP contribution in [0.15, 0.2) is 60.7 Å². The van der Waals surface area contributed by atoms with Crippen LogP contribution in [0.5, 0.6) is 5.75 Å². The van der Waals surface area contributed by atoms with Crippen LogP contribution < -0.4 is 26.4 Å². The molecule has 2 amide bonds. The van der Waals surface area contributed by atoms with Crippen molar-refractivity contribution in [3.63, 3.8) is 0 Å². The van der Waals surface area contributed by atoms with E-state index in [1.54, 1.807) is 30.3 Å². The van der Waals surface area contributed by atoms with Gasteiger partial charge in [-0.05, 0) is 41.5 Å². The molecule has 11 heteroatoms. The number of fused-ring (bicyclic) bond motifs is 1. The maximum Gasteiger partial charge on any atom is 0.328 e. The van der Waals surface area contributed by atoms with Gasteiger partial charge >= 0.3 is 5.97 Å². The molecule has 198 valence electrons. The highest BCUT2D eigenvalue weighted by atomic mass is 35.5. The first kappa shape index (κ1) is 27.3. The van der Waals surface area contributed by atoms with Crippen LogP contribution in [0.3, 0.4) is 0 Å². The molecule has 1 heterocycles. The van der Waals surface area contributed by atoms with Crippen molar-refractivity contribution in [2.75, 3.05) is 25.4 Å². The number of amides is 2. The van der Waals surface area contributed by atoms with Gasteiger partial charge in [0.1, 0.15) is 11.8 Å². The van der Waals surface area contributed by atoms with Gasteiger partial charge < -0.3 is 31.5 Å². The lowest BCUT2D eigenvalue weighted by atomic mass is 10.00. The summed E-state index contributed by atoms with van der Waals surface area (Å²) in [5, 5.41) is 17.8. The SMILES string of the molecule is Nc1ccc2c(c1)[C@H](NCC(=O)NCC(NC(=O)c1c(Cl)cc(-c3ccccc3)cc1Cl)C(=O)O)CCO2. The van der Waals surface area contributed by atoms with Gasteiger partial charge in [-0.2, -0.15) is 0 Å². The number of halogens is 2. The molecule has 0 bridgehead atoms. The number of ether oxygens (including phenoxy) is 1. The fraction of sp³-hybridized carbons (Fsp3) is 0.222. The van der Waals surface area contributed by atoms with Crippen molar-refractivity contribution in [1.82, 2.24) is 16.0 Å². The summed E-state index contributed by atoms with van der Waals surface area (Å²) in [4.78, 5) is 37.1. The van der Waals surface area contributed by atoms with E-state index in [4.69, 9.17) is 33.7 Å². The molecule has 1 unspecified atom stereocenters. The van der Waals surface area contributed by atoms with Crippen LogP contribution in [0.25, 0.3) is 11.1 Å². The minimum Gasteiger partial charge on any atom is -0.493 e. The van der Waals surface area contributed by atoms with Gasteiger partial charge in [0.15, 0.2) is 0 Å². The van der Waals surface area contributed by atoms with Crippen LogP contribution >= 0.6 is 23.2 Å². The third kappa shape index (κ3) is 6.55. The topological polar surface area (TPSA) is 143 Å². The summed E-state index contributed by atoms with van der Waals surface area (Å²) in [6, 6.07) is 16.3. The van der Waals surface area contributed by atoms with E-state index in [9.17, 15) is 19.5 Å². The van der Waals surface area contributed by atoms with Gasteiger partial charge in [-0.1, -0.05) is 53.5 Å². The number of hydrogen-bond acceptors (Lipinski definition) is 6. The van der Waals surface area contributed by atoms with E-state index in [0.717, 1.165) is 11.1 Å². The van der Waals surface area contributed by atoms with Crippen LogP contribution in [-0.2, 0) is 9.59 Å². The number of anilines is 1. The Hall–Kier alpha value is -3.79. The Kier molecular flexibility index (Phi) is 8.73. The normalized spacial score (nSPS) is 15.1. The number of hydrogen-bond donors (Lipinski definition) is 5. The van der Waals surface area contributed by atoms with Crippen LogP contribution in [-0.4, -0.2) is 48.6 Å². The first-order chi connectivity index (χ1) is 18.2. The smallest absolute Gasteiger partial charge is 0.328 e. The van der Waals surface area contributed by atoms with E-state index in [1.807, 2.05) is 30.3 Å². The maximum atomic E-state index is 12.9. The minimum absolute atomic E-state index is 0.0512. The Labute approximate surface area is 229 Å². The molecule has 0 saturated carbocycles. The largest absolute Gasteiger partial charge is 0.493 e. The number of nitrogens with one attached hydrogen (secondary N) is 3. The quantitative estimate of drug-likeness (QED) is 0.253. The third-order valence-corrected chi connectivity index (χ3v) is 6.66. The number of benzene rings is 3. The molecule has 4 rings (SSSR count). The Morgan fingerprint density at radius 1 is 1.03 bits per heavy atom. The van der Waals surface area contributed by atoms with Gasteiger partial charge in [-0.15, -0.1) is 0 Å². The number of carboxylic acid groups (broad SMARTS) is 1. The van der Waals surface area contributed by atoms with Gasteiger partial charge in [0.05, 0.1) is 28.8 Å². The summed E-state index contributed by atoms with van der Waals surface area (Å²) in [7, 11) is 0. The monoisotopic (exact) mass is 556 g/mol. The van der Waals surface area contributed by atoms with Crippen LogP contribution in [0.1, 0.15) is 28.4 Å². The molecule has 0 spiro atoms. The van der Waals surface area contributed by atoms with Gasteiger partial charge in [-0.25, -0.2) is 4.79 Å². The molecular weight excluding hydrogens is 531 g/mol. The van der Waals surface area contributed by atoms with Crippen molar-refractivity contribution in [1.29, 1.82) is 0 Å². The molecule has 2 atom stereocenters. The van der Waals surface area contributed by atoms with Crippen molar-refractivity contribution in [2.45, 2.75) is 18.5 Å². The van der Waals surface area contributed by atoms with Crippen molar-refractivity contribution in [2.24, 2.45) is 0 Å². The van der Waals surface area contributed by atoms with E-state index >= 15 is 0 Å². The highest BCUT2D eigenvalue weighted by Gasteiger charge is 2.26. The summed E-state index contributed by atoms with van der Waals surface area (Å²) in [6.07, 6.45) is 0.641. The highest BCUT2D eigenvalue weighted by Crippen LogP contribution is 2.33. The van der Waals surface area contributed by atoms with E-state index in [2.05, 4.69) is 16.0 Å². The average molecular weight is 557 g/mol. The second-order valence-electron chi connectivity index (χ2n) is 8.72. The molecule has 9 nitrogen and oxygen atoms in total. The molecule has 3 aromatic carbocycles. The number of carbonyl (C=O) groups excluding carboxylic acids is 2. The summed E-state index contributed by atoms with van der Waals surface area (Å²) >= 11 is 12.7. The molecule has 0 aromatic heterocycles. The Morgan fingerprint density at radius 2 is 1.74 bits per heavy atom. The first-order valence-electron chi connectivity index (χ1n) is 11.8. The molecule has 1 aliphatic heterocycles. The van der Waals surface area contributed by atoms with Crippen LogP contribution in [0, 0.1) is 0 Å². The Morgan fingerprint density at radius 3 is 2.42 bits per heavy atom. The van der Waals surface area contributed by atoms with Crippen LogP contribution in [0.2, 0.25) is 10.0 Å². The summed E-state index contributed by atoms with van der Waals surface area (Å²) in [6.45, 7) is 0.0782. The first-order valence-corrected chi connectivity index (χ1v) is 12.6. The zero-order valence-electron chi connectivity index (χ0n) is 20.2. The molecular formula is C27H26Cl2N4O5. The maximum absolute atomic E-state index is 12.9. The lowest BCUT2D eigenvalue weighted by Gasteiger charge is -2.27.